The molecule has 5 nitrogen and oxygen atoms in total. The molecule has 5 heteroatoms. The van der Waals surface area contributed by atoms with Crippen molar-refractivity contribution in [1.82, 2.24) is 20.4 Å². The fourth-order valence-corrected chi connectivity index (χ4v) is 2.02. The van der Waals surface area contributed by atoms with E-state index in [0.29, 0.717) is 12.1 Å². The van der Waals surface area contributed by atoms with Crippen LogP contribution in [-0.4, -0.2) is 34.3 Å². The van der Waals surface area contributed by atoms with Gasteiger partial charge < -0.3 is 10.6 Å². The van der Waals surface area contributed by atoms with E-state index in [9.17, 15) is 4.79 Å². The van der Waals surface area contributed by atoms with E-state index >= 15 is 0 Å². The Bertz CT molecular complexity index is 379. The lowest BCUT2D eigenvalue weighted by Crippen LogP contribution is -2.47. The molecule has 0 spiro atoms. The van der Waals surface area contributed by atoms with Crippen LogP contribution in [0, 0.1) is 0 Å². The number of amides is 1. The number of nitrogens with zero attached hydrogens (tertiary/aromatic N) is 2. The molecule has 1 atom stereocenters. The van der Waals surface area contributed by atoms with E-state index in [4.69, 9.17) is 0 Å². The van der Waals surface area contributed by atoms with Crippen molar-refractivity contribution in [1.29, 1.82) is 0 Å². The number of aryl methyl sites for hydroxylation is 1. The molecule has 2 heterocycles. The number of hydrogen-bond acceptors (Lipinski definition) is 3. The lowest BCUT2D eigenvalue weighted by molar-refractivity contribution is 0.0942. The van der Waals surface area contributed by atoms with E-state index in [1.165, 1.54) is 6.42 Å². The first-order chi connectivity index (χ1) is 7.59. The van der Waals surface area contributed by atoms with E-state index in [1.54, 1.807) is 24.1 Å². The molecule has 1 amide bonds. The van der Waals surface area contributed by atoms with Gasteiger partial charge in [0.2, 0.25) is 0 Å². The maximum Gasteiger partial charge on any atom is 0.254 e. The minimum absolute atomic E-state index is 0.0528. The summed E-state index contributed by atoms with van der Waals surface area (Å²) in [6.07, 6.45) is 5.60. The second-order valence-electron chi connectivity index (χ2n) is 4.68. The number of carbonyl (C=O) groups is 1. The molecule has 16 heavy (non-hydrogen) atoms. The van der Waals surface area contributed by atoms with Crippen LogP contribution in [0.15, 0.2) is 12.4 Å². The van der Waals surface area contributed by atoms with E-state index in [0.717, 1.165) is 13.0 Å². The summed E-state index contributed by atoms with van der Waals surface area (Å²) in [4.78, 5) is 11.8. The summed E-state index contributed by atoms with van der Waals surface area (Å²) in [5.74, 6) is -0.0528. The molecule has 0 saturated carbocycles. The molecule has 1 aliphatic heterocycles. The molecule has 2 rings (SSSR count). The van der Waals surface area contributed by atoms with E-state index in [2.05, 4.69) is 22.7 Å². The second kappa shape index (κ2) is 4.25. The number of nitrogens with one attached hydrogen (secondary N) is 2. The lowest BCUT2D eigenvalue weighted by Gasteiger charge is -2.24. The zero-order valence-electron chi connectivity index (χ0n) is 9.79. The molecule has 1 fully saturated rings. The van der Waals surface area contributed by atoms with Gasteiger partial charge in [0, 0.05) is 25.3 Å². The van der Waals surface area contributed by atoms with Crippen molar-refractivity contribution in [3.05, 3.63) is 18.0 Å². The summed E-state index contributed by atoms with van der Waals surface area (Å²) >= 11 is 0. The molecule has 1 aromatic rings. The quantitative estimate of drug-likeness (QED) is 0.773. The highest BCUT2D eigenvalue weighted by Gasteiger charge is 2.28. The van der Waals surface area contributed by atoms with Gasteiger partial charge in [0.1, 0.15) is 0 Å². The van der Waals surface area contributed by atoms with Crippen molar-refractivity contribution in [2.45, 2.75) is 25.3 Å². The fourth-order valence-electron chi connectivity index (χ4n) is 2.02. The Hall–Kier alpha value is -1.36. The van der Waals surface area contributed by atoms with Crippen molar-refractivity contribution in [2.24, 2.45) is 7.05 Å². The molecule has 0 aliphatic carbocycles. The maximum atomic E-state index is 11.8. The van der Waals surface area contributed by atoms with E-state index < -0.39 is 0 Å². The Morgan fingerprint density at radius 1 is 1.75 bits per heavy atom. The third-order valence-electron chi connectivity index (χ3n) is 3.06. The van der Waals surface area contributed by atoms with Crippen LogP contribution in [0.1, 0.15) is 30.1 Å². The highest BCUT2D eigenvalue weighted by molar-refractivity contribution is 5.93. The number of rotatable bonds is 3. The third kappa shape index (κ3) is 2.41. The normalized spacial score (nSPS) is 24.6. The topological polar surface area (TPSA) is 59.0 Å². The zero-order chi connectivity index (χ0) is 11.6. The van der Waals surface area contributed by atoms with Crippen LogP contribution in [0.4, 0.5) is 0 Å². The Morgan fingerprint density at radius 2 is 2.56 bits per heavy atom. The molecule has 1 unspecified atom stereocenters. The fraction of sp³-hybridized carbons (Fsp3) is 0.636. The van der Waals surface area contributed by atoms with Gasteiger partial charge in [-0.2, -0.15) is 5.10 Å². The van der Waals surface area contributed by atoms with Gasteiger partial charge in [-0.25, -0.2) is 0 Å². The standard InChI is InChI=1S/C11H18N4O/c1-11(4-3-5-13-11)8-12-10(16)9-6-14-15(2)7-9/h6-7,13H,3-5,8H2,1-2H3,(H,12,16). The van der Waals surface area contributed by atoms with Gasteiger partial charge >= 0.3 is 0 Å². The van der Waals surface area contributed by atoms with Gasteiger partial charge in [0.15, 0.2) is 0 Å². The van der Waals surface area contributed by atoms with Gasteiger partial charge in [-0.3, -0.25) is 9.48 Å². The van der Waals surface area contributed by atoms with Crippen molar-refractivity contribution in [3.63, 3.8) is 0 Å². The Morgan fingerprint density at radius 3 is 3.12 bits per heavy atom. The average Bonchev–Trinajstić information content (AvgIpc) is 2.85. The minimum atomic E-state index is -0.0528. The van der Waals surface area contributed by atoms with Crippen LogP contribution in [0.5, 0.6) is 0 Å². The molecule has 1 saturated heterocycles. The van der Waals surface area contributed by atoms with Crippen molar-refractivity contribution < 1.29 is 4.79 Å². The predicted molar refractivity (Wildman–Crippen MR) is 61.2 cm³/mol. The smallest absolute Gasteiger partial charge is 0.254 e. The molecular formula is C11H18N4O. The summed E-state index contributed by atoms with van der Waals surface area (Å²) in [6.45, 7) is 3.85. The third-order valence-corrected chi connectivity index (χ3v) is 3.06. The molecule has 0 aromatic carbocycles. The first-order valence-electron chi connectivity index (χ1n) is 5.61. The second-order valence-corrected chi connectivity index (χ2v) is 4.68. The summed E-state index contributed by atoms with van der Waals surface area (Å²) in [6, 6.07) is 0. The van der Waals surface area contributed by atoms with Gasteiger partial charge in [0.05, 0.1) is 11.8 Å². The largest absolute Gasteiger partial charge is 0.350 e. The lowest BCUT2D eigenvalue weighted by atomic mass is 10.0. The van der Waals surface area contributed by atoms with Gasteiger partial charge in [-0.05, 0) is 26.3 Å². The van der Waals surface area contributed by atoms with Gasteiger partial charge in [-0.15, -0.1) is 0 Å². The van der Waals surface area contributed by atoms with Crippen LogP contribution in [0.2, 0.25) is 0 Å². The molecule has 1 aromatic heterocycles. The highest BCUT2D eigenvalue weighted by Crippen LogP contribution is 2.17. The Labute approximate surface area is 95.2 Å². The first-order valence-corrected chi connectivity index (χ1v) is 5.61. The van der Waals surface area contributed by atoms with E-state index in [1.807, 2.05) is 0 Å². The summed E-state index contributed by atoms with van der Waals surface area (Å²) in [5.41, 5.74) is 0.668. The number of carbonyl (C=O) groups excluding carboxylic acids is 1. The monoisotopic (exact) mass is 222 g/mol. The molecule has 88 valence electrons. The van der Waals surface area contributed by atoms with Crippen molar-refractivity contribution in [2.75, 3.05) is 13.1 Å². The van der Waals surface area contributed by atoms with Crippen LogP contribution in [0.3, 0.4) is 0 Å². The zero-order valence-corrected chi connectivity index (χ0v) is 9.79. The average molecular weight is 222 g/mol. The molecule has 0 radical (unpaired) electrons. The number of aromatic nitrogens is 2. The SMILES string of the molecule is Cn1cc(C(=O)NCC2(C)CCCN2)cn1. The highest BCUT2D eigenvalue weighted by atomic mass is 16.1. The molecule has 0 bridgehead atoms. The van der Waals surface area contributed by atoms with Crippen molar-refractivity contribution >= 4 is 5.91 Å². The van der Waals surface area contributed by atoms with Crippen LogP contribution in [0.25, 0.3) is 0 Å². The predicted octanol–water partition coefficient (Wildman–Crippen LogP) is 0.292. The number of hydrogen-bond donors (Lipinski definition) is 2. The van der Waals surface area contributed by atoms with Crippen LogP contribution < -0.4 is 10.6 Å². The molecule has 2 N–H and O–H groups in total. The summed E-state index contributed by atoms with van der Waals surface area (Å²) < 4.78 is 1.63. The van der Waals surface area contributed by atoms with E-state index in [-0.39, 0.29) is 11.4 Å². The molecule has 1 aliphatic rings. The van der Waals surface area contributed by atoms with Gasteiger partial charge in [0.25, 0.3) is 5.91 Å². The summed E-state index contributed by atoms with van der Waals surface area (Å²) in [5, 5.41) is 10.3. The minimum Gasteiger partial charge on any atom is -0.350 e. The maximum absolute atomic E-state index is 11.8. The van der Waals surface area contributed by atoms with Crippen LogP contribution in [-0.2, 0) is 7.05 Å². The molecular weight excluding hydrogens is 204 g/mol. The van der Waals surface area contributed by atoms with Crippen molar-refractivity contribution in [3.8, 4) is 0 Å². The Kier molecular flexibility index (Phi) is 2.96. The summed E-state index contributed by atoms with van der Waals surface area (Å²) in [7, 11) is 1.80. The van der Waals surface area contributed by atoms with Gasteiger partial charge in [-0.1, -0.05) is 0 Å². The Balaban J connectivity index is 1.88. The van der Waals surface area contributed by atoms with Crippen LogP contribution >= 0.6 is 0 Å². The first kappa shape index (κ1) is 11.1.